The summed E-state index contributed by atoms with van der Waals surface area (Å²) in [6.45, 7) is 10.7. The molecule has 0 amide bonds. The second-order valence-electron chi connectivity index (χ2n) is 5.35. The summed E-state index contributed by atoms with van der Waals surface area (Å²) in [6, 6.07) is 0.702. The Hall–Kier alpha value is -0.0800. The minimum absolute atomic E-state index is 0.702. The van der Waals surface area contributed by atoms with E-state index in [1.807, 2.05) is 0 Å². The van der Waals surface area contributed by atoms with E-state index in [0.717, 1.165) is 11.8 Å². The molecule has 1 N–H and O–H groups in total. The van der Waals surface area contributed by atoms with Crippen LogP contribution in [0.15, 0.2) is 0 Å². The molecule has 2 atom stereocenters. The van der Waals surface area contributed by atoms with E-state index in [1.54, 1.807) is 0 Å². The summed E-state index contributed by atoms with van der Waals surface area (Å²) in [5, 5.41) is 3.70. The van der Waals surface area contributed by atoms with Gasteiger partial charge in [-0.3, -0.25) is 0 Å². The van der Waals surface area contributed by atoms with Gasteiger partial charge in [-0.2, -0.15) is 0 Å². The van der Waals surface area contributed by atoms with E-state index in [0.29, 0.717) is 6.04 Å². The van der Waals surface area contributed by atoms with Gasteiger partial charge in [0.25, 0.3) is 0 Å². The molecule has 1 fully saturated rings. The van der Waals surface area contributed by atoms with Crippen molar-refractivity contribution in [2.45, 2.75) is 46.1 Å². The summed E-state index contributed by atoms with van der Waals surface area (Å²) in [4.78, 5) is 2.44. The van der Waals surface area contributed by atoms with Gasteiger partial charge in [0.05, 0.1) is 0 Å². The molecule has 0 aromatic carbocycles. The van der Waals surface area contributed by atoms with Crippen LogP contribution in [0.1, 0.15) is 40.0 Å². The minimum atomic E-state index is 0.702. The molecule has 1 aliphatic rings. The minimum Gasteiger partial charge on any atom is -0.314 e. The largest absolute Gasteiger partial charge is 0.314 e. The van der Waals surface area contributed by atoms with Gasteiger partial charge in [-0.1, -0.05) is 20.3 Å². The van der Waals surface area contributed by atoms with Gasteiger partial charge in [0.1, 0.15) is 0 Å². The van der Waals surface area contributed by atoms with Crippen LogP contribution in [-0.2, 0) is 0 Å². The lowest BCUT2D eigenvalue weighted by Gasteiger charge is -2.33. The maximum absolute atomic E-state index is 3.70. The SMILES string of the molecule is CCC(C)CNC(C)C1CCN(C)CC1. The molecular weight excluding hydrogens is 184 g/mol. The fourth-order valence-corrected chi connectivity index (χ4v) is 2.23. The molecule has 0 bridgehead atoms. The second kappa shape index (κ2) is 6.49. The zero-order chi connectivity index (χ0) is 11.3. The Labute approximate surface area is 95.4 Å². The molecular formula is C13H28N2. The molecule has 1 heterocycles. The Bertz CT molecular complexity index is 162. The lowest BCUT2D eigenvalue weighted by atomic mass is 9.90. The van der Waals surface area contributed by atoms with Gasteiger partial charge < -0.3 is 10.2 Å². The molecule has 2 nitrogen and oxygen atoms in total. The molecule has 2 heteroatoms. The fourth-order valence-electron chi connectivity index (χ4n) is 2.23. The van der Waals surface area contributed by atoms with Gasteiger partial charge in [-0.25, -0.2) is 0 Å². The third-order valence-electron chi connectivity index (χ3n) is 3.96. The van der Waals surface area contributed by atoms with Crippen molar-refractivity contribution in [1.29, 1.82) is 0 Å². The standard InChI is InChI=1S/C13H28N2/c1-5-11(2)10-14-12(3)13-6-8-15(4)9-7-13/h11-14H,5-10H2,1-4H3. The molecule has 0 aliphatic carbocycles. The maximum Gasteiger partial charge on any atom is 0.00680 e. The van der Waals surface area contributed by atoms with Crippen LogP contribution in [0.4, 0.5) is 0 Å². The van der Waals surface area contributed by atoms with Crippen LogP contribution in [0.2, 0.25) is 0 Å². The van der Waals surface area contributed by atoms with Crippen molar-refractivity contribution >= 4 is 0 Å². The number of piperidine rings is 1. The zero-order valence-corrected chi connectivity index (χ0v) is 10.9. The van der Waals surface area contributed by atoms with Gasteiger partial charge in [-0.15, -0.1) is 0 Å². The molecule has 0 saturated carbocycles. The number of nitrogens with one attached hydrogen (secondary N) is 1. The van der Waals surface area contributed by atoms with E-state index in [4.69, 9.17) is 0 Å². The van der Waals surface area contributed by atoms with Gasteiger partial charge in [0, 0.05) is 6.04 Å². The van der Waals surface area contributed by atoms with Crippen molar-refractivity contribution in [2.75, 3.05) is 26.7 Å². The van der Waals surface area contributed by atoms with Gasteiger partial charge in [0.2, 0.25) is 0 Å². The van der Waals surface area contributed by atoms with Crippen LogP contribution in [0, 0.1) is 11.8 Å². The van der Waals surface area contributed by atoms with Crippen molar-refractivity contribution in [3.8, 4) is 0 Å². The topological polar surface area (TPSA) is 15.3 Å². The smallest absolute Gasteiger partial charge is 0.00680 e. The third-order valence-corrected chi connectivity index (χ3v) is 3.96. The maximum atomic E-state index is 3.70. The van der Waals surface area contributed by atoms with E-state index in [9.17, 15) is 0 Å². The summed E-state index contributed by atoms with van der Waals surface area (Å²) < 4.78 is 0. The van der Waals surface area contributed by atoms with Crippen molar-refractivity contribution in [3.63, 3.8) is 0 Å². The molecule has 1 saturated heterocycles. The second-order valence-corrected chi connectivity index (χ2v) is 5.35. The first-order valence-corrected chi connectivity index (χ1v) is 6.55. The molecule has 0 spiro atoms. The van der Waals surface area contributed by atoms with E-state index in [-0.39, 0.29) is 0 Å². The number of hydrogen-bond acceptors (Lipinski definition) is 2. The van der Waals surface area contributed by atoms with Crippen molar-refractivity contribution in [2.24, 2.45) is 11.8 Å². The predicted octanol–water partition coefficient (Wildman–Crippen LogP) is 2.35. The van der Waals surface area contributed by atoms with E-state index in [1.165, 1.54) is 38.9 Å². The molecule has 15 heavy (non-hydrogen) atoms. The summed E-state index contributed by atoms with van der Waals surface area (Å²) in [5.41, 5.74) is 0. The van der Waals surface area contributed by atoms with Crippen LogP contribution in [0.3, 0.4) is 0 Å². The molecule has 0 radical (unpaired) electrons. The summed E-state index contributed by atoms with van der Waals surface area (Å²) >= 11 is 0. The average molecular weight is 212 g/mol. The molecule has 2 unspecified atom stereocenters. The van der Waals surface area contributed by atoms with Crippen molar-refractivity contribution in [3.05, 3.63) is 0 Å². The van der Waals surface area contributed by atoms with Crippen molar-refractivity contribution < 1.29 is 0 Å². The Kier molecular flexibility index (Phi) is 5.62. The number of nitrogens with zero attached hydrogens (tertiary/aromatic N) is 1. The van der Waals surface area contributed by atoms with Gasteiger partial charge in [-0.05, 0) is 58.3 Å². The third kappa shape index (κ3) is 4.52. The highest BCUT2D eigenvalue weighted by Gasteiger charge is 2.21. The Morgan fingerprint density at radius 1 is 1.27 bits per heavy atom. The van der Waals surface area contributed by atoms with Crippen LogP contribution in [0.5, 0.6) is 0 Å². The first kappa shape index (κ1) is 13.0. The molecule has 90 valence electrons. The molecule has 0 aromatic rings. The monoisotopic (exact) mass is 212 g/mol. The summed E-state index contributed by atoms with van der Waals surface area (Å²) in [6.07, 6.45) is 4.02. The van der Waals surface area contributed by atoms with Crippen LogP contribution >= 0.6 is 0 Å². The lowest BCUT2D eigenvalue weighted by molar-refractivity contribution is 0.187. The van der Waals surface area contributed by atoms with E-state index >= 15 is 0 Å². The van der Waals surface area contributed by atoms with Crippen LogP contribution in [-0.4, -0.2) is 37.6 Å². The van der Waals surface area contributed by atoms with Gasteiger partial charge >= 0.3 is 0 Å². The highest BCUT2D eigenvalue weighted by Crippen LogP contribution is 2.19. The fraction of sp³-hybridized carbons (Fsp3) is 1.00. The van der Waals surface area contributed by atoms with Crippen LogP contribution in [0.25, 0.3) is 0 Å². The predicted molar refractivity (Wildman–Crippen MR) is 67.1 cm³/mol. The van der Waals surface area contributed by atoms with E-state index < -0.39 is 0 Å². The van der Waals surface area contributed by atoms with E-state index in [2.05, 4.69) is 38.0 Å². The Morgan fingerprint density at radius 3 is 2.40 bits per heavy atom. The Balaban J connectivity index is 2.19. The first-order chi connectivity index (χ1) is 7.13. The number of hydrogen-bond donors (Lipinski definition) is 1. The summed E-state index contributed by atoms with van der Waals surface area (Å²) in [5.74, 6) is 1.71. The summed E-state index contributed by atoms with van der Waals surface area (Å²) in [7, 11) is 2.23. The number of rotatable bonds is 5. The average Bonchev–Trinajstić information content (AvgIpc) is 2.26. The molecule has 1 rings (SSSR count). The normalized spacial score (nSPS) is 24.0. The molecule has 0 aromatic heterocycles. The first-order valence-electron chi connectivity index (χ1n) is 6.55. The molecule has 1 aliphatic heterocycles. The lowest BCUT2D eigenvalue weighted by Crippen LogP contribution is -2.41. The quantitative estimate of drug-likeness (QED) is 0.752. The Morgan fingerprint density at radius 2 is 1.87 bits per heavy atom. The van der Waals surface area contributed by atoms with Gasteiger partial charge in [0.15, 0.2) is 0 Å². The highest BCUT2D eigenvalue weighted by atomic mass is 15.1. The number of likely N-dealkylation sites (tertiary alicyclic amines) is 1. The van der Waals surface area contributed by atoms with Crippen molar-refractivity contribution in [1.82, 2.24) is 10.2 Å². The zero-order valence-electron chi connectivity index (χ0n) is 10.9. The van der Waals surface area contributed by atoms with Crippen LogP contribution < -0.4 is 5.32 Å². The highest BCUT2D eigenvalue weighted by molar-refractivity contribution is 4.78.